The number of rotatable bonds is 5. The number of amides is 1. The van der Waals surface area contributed by atoms with Gasteiger partial charge in [0.1, 0.15) is 4.21 Å². The number of hydrogen-bond donors (Lipinski definition) is 1. The molecular weight excluding hydrogens is 368 g/mol. The lowest BCUT2D eigenvalue weighted by Crippen LogP contribution is -2.41. The summed E-state index contributed by atoms with van der Waals surface area (Å²) in [7, 11) is -3.45. The summed E-state index contributed by atoms with van der Waals surface area (Å²) in [6.07, 6.45) is 1.92. The van der Waals surface area contributed by atoms with E-state index in [1.807, 2.05) is 44.2 Å². The van der Waals surface area contributed by atoms with Gasteiger partial charge in [0, 0.05) is 29.6 Å². The predicted molar refractivity (Wildman–Crippen MR) is 105 cm³/mol. The monoisotopic (exact) mass is 392 g/mol. The van der Waals surface area contributed by atoms with E-state index in [1.54, 1.807) is 6.07 Å². The Bertz CT molecular complexity index is 882. The van der Waals surface area contributed by atoms with Crippen molar-refractivity contribution in [2.24, 2.45) is 5.92 Å². The molecule has 1 aliphatic rings. The lowest BCUT2D eigenvalue weighted by molar-refractivity contribution is -0.120. The van der Waals surface area contributed by atoms with Crippen LogP contribution in [0.2, 0.25) is 0 Å². The van der Waals surface area contributed by atoms with Gasteiger partial charge in [0.05, 0.1) is 0 Å². The van der Waals surface area contributed by atoms with Crippen LogP contribution in [0.5, 0.6) is 0 Å². The summed E-state index contributed by atoms with van der Waals surface area (Å²) >= 11 is 1.34. The molecule has 3 rings (SSSR count). The van der Waals surface area contributed by atoms with Crippen LogP contribution in [0.3, 0.4) is 0 Å². The number of nitrogens with one attached hydrogen (secondary N) is 1. The van der Waals surface area contributed by atoms with Gasteiger partial charge < -0.3 is 5.32 Å². The number of thiophene rings is 1. The second kappa shape index (κ2) is 7.90. The van der Waals surface area contributed by atoms with Crippen LogP contribution in [0.1, 0.15) is 30.2 Å². The van der Waals surface area contributed by atoms with Crippen LogP contribution >= 0.6 is 11.3 Å². The van der Waals surface area contributed by atoms with E-state index < -0.39 is 10.0 Å². The van der Waals surface area contributed by atoms with Crippen LogP contribution in [0.15, 0.2) is 40.6 Å². The maximum absolute atomic E-state index is 12.8. The highest BCUT2D eigenvalue weighted by molar-refractivity contribution is 7.91. The Morgan fingerprint density at radius 1 is 1.19 bits per heavy atom. The second-order valence-corrected chi connectivity index (χ2v) is 9.89. The molecule has 140 valence electrons. The second-order valence-electron chi connectivity index (χ2n) is 6.56. The molecule has 1 aromatic heterocycles. The van der Waals surface area contributed by atoms with Crippen molar-refractivity contribution in [3.05, 3.63) is 46.8 Å². The number of carbonyl (C=O) groups is 1. The van der Waals surface area contributed by atoms with Crippen LogP contribution < -0.4 is 5.32 Å². The van der Waals surface area contributed by atoms with Gasteiger partial charge in [-0.3, -0.25) is 4.79 Å². The maximum Gasteiger partial charge on any atom is 0.252 e. The normalized spacial score (nSPS) is 16.5. The predicted octanol–water partition coefficient (Wildman–Crippen LogP) is 3.66. The summed E-state index contributed by atoms with van der Waals surface area (Å²) in [5.74, 6) is -0.184. The average Bonchev–Trinajstić information content (AvgIpc) is 3.14. The number of piperidine rings is 1. The highest BCUT2D eigenvalue weighted by atomic mass is 32.2. The number of hydrogen-bond acceptors (Lipinski definition) is 4. The molecule has 1 aromatic carbocycles. The van der Waals surface area contributed by atoms with Gasteiger partial charge in [-0.1, -0.05) is 25.1 Å². The Morgan fingerprint density at radius 2 is 1.88 bits per heavy atom. The molecule has 0 spiro atoms. The molecule has 0 bridgehead atoms. The first-order valence-electron chi connectivity index (χ1n) is 8.87. The van der Waals surface area contributed by atoms with Crippen molar-refractivity contribution in [1.82, 2.24) is 4.31 Å². The number of aryl methyl sites for hydroxylation is 2. The first-order chi connectivity index (χ1) is 12.4. The van der Waals surface area contributed by atoms with E-state index in [0.29, 0.717) is 30.1 Å². The van der Waals surface area contributed by atoms with E-state index in [1.165, 1.54) is 15.6 Å². The Labute approximate surface area is 159 Å². The Kier molecular flexibility index (Phi) is 5.79. The molecule has 1 N–H and O–H groups in total. The molecule has 1 saturated heterocycles. The number of nitrogens with zero attached hydrogens (tertiary/aromatic N) is 1. The van der Waals surface area contributed by atoms with Crippen molar-refractivity contribution >= 4 is 33.0 Å². The molecule has 1 amide bonds. The van der Waals surface area contributed by atoms with Gasteiger partial charge in [0.25, 0.3) is 10.0 Å². The van der Waals surface area contributed by atoms with Gasteiger partial charge in [-0.25, -0.2) is 8.42 Å². The highest BCUT2D eigenvalue weighted by Gasteiger charge is 2.33. The minimum atomic E-state index is -3.45. The van der Waals surface area contributed by atoms with E-state index in [0.717, 1.165) is 22.5 Å². The zero-order valence-corrected chi connectivity index (χ0v) is 16.7. The van der Waals surface area contributed by atoms with Crippen LogP contribution in [0.25, 0.3) is 0 Å². The van der Waals surface area contributed by atoms with Gasteiger partial charge in [0.2, 0.25) is 5.91 Å². The lowest BCUT2D eigenvalue weighted by atomic mass is 9.97. The van der Waals surface area contributed by atoms with Crippen molar-refractivity contribution in [2.45, 2.75) is 37.3 Å². The quantitative estimate of drug-likeness (QED) is 0.844. The van der Waals surface area contributed by atoms with Crippen LogP contribution in [0, 0.1) is 12.8 Å². The molecule has 1 fully saturated rings. The SMILES string of the molecule is CCc1ccc(S(=O)(=O)N2CCC(C(=O)Nc3ccccc3C)CC2)s1. The van der Waals surface area contributed by atoms with Gasteiger partial charge in [-0.2, -0.15) is 4.31 Å². The number of anilines is 1. The van der Waals surface area contributed by atoms with Crippen molar-refractivity contribution in [3.63, 3.8) is 0 Å². The molecule has 0 radical (unpaired) electrons. The van der Waals surface area contributed by atoms with Gasteiger partial charge in [0.15, 0.2) is 0 Å². The van der Waals surface area contributed by atoms with Gasteiger partial charge in [-0.15, -0.1) is 11.3 Å². The molecule has 2 heterocycles. The van der Waals surface area contributed by atoms with E-state index in [-0.39, 0.29) is 11.8 Å². The molecule has 0 saturated carbocycles. The van der Waals surface area contributed by atoms with Crippen molar-refractivity contribution in [2.75, 3.05) is 18.4 Å². The standard InChI is InChI=1S/C19H24N2O3S2/c1-3-16-8-9-18(25-16)26(23,24)21-12-10-15(11-13-21)19(22)20-17-7-5-4-6-14(17)2/h4-9,15H,3,10-13H2,1-2H3,(H,20,22). The molecule has 0 aliphatic carbocycles. The minimum Gasteiger partial charge on any atom is -0.326 e. The third-order valence-electron chi connectivity index (χ3n) is 4.81. The third kappa shape index (κ3) is 4.00. The van der Waals surface area contributed by atoms with Gasteiger partial charge in [-0.05, 0) is 49.9 Å². The van der Waals surface area contributed by atoms with Crippen molar-refractivity contribution in [3.8, 4) is 0 Å². The Balaban J connectivity index is 1.61. The molecule has 7 heteroatoms. The fraction of sp³-hybridized carbons (Fsp3) is 0.421. The summed E-state index contributed by atoms with van der Waals surface area (Å²) in [5, 5.41) is 2.97. The maximum atomic E-state index is 12.8. The van der Waals surface area contributed by atoms with Crippen molar-refractivity contribution in [1.29, 1.82) is 0 Å². The van der Waals surface area contributed by atoms with Crippen LogP contribution in [0.4, 0.5) is 5.69 Å². The van der Waals surface area contributed by atoms with E-state index in [2.05, 4.69) is 5.32 Å². The van der Waals surface area contributed by atoms with E-state index >= 15 is 0 Å². The molecule has 1 aliphatic heterocycles. The minimum absolute atomic E-state index is 0.0271. The highest BCUT2D eigenvalue weighted by Crippen LogP contribution is 2.29. The zero-order chi connectivity index (χ0) is 18.7. The third-order valence-corrected chi connectivity index (χ3v) is 8.40. The summed E-state index contributed by atoms with van der Waals surface area (Å²) in [5.41, 5.74) is 1.84. The van der Waals surface area contributed by atoms with Crippen LogP contribution in [-0.4, -0.2) is 31.7 Å². The summed E-state index contributed by atoms with van der Waals surface area (Å²) in [6.45, 7) is 4.73. The molecule has 26 heavy (non-hydrogen) atoms. The first-order valence-corrected chi connectivity index (χ1v) is 11.1. The number of benzene rings is 1. The lowest BCUT2D eigenvalue weighted by Gasteiger charge is -2.30. The molecule has 2 aromatic rings. The largest absolute Gasteiger partial charge is 0.326 e. The first kappa shape index (κ1) is 19.1. The average molecular weight is 393 g/mol. The molecule has 5 nitrogen and oxygen atoms in total. The molecular formula is C19H24N2O3S2. The molecule has 0 atom stereocenters. The van der Waals surface area contributed by atoms with E-state index in [9.17, 15) is 13.2 Å². The summed E-state index contributed by atoms with van der Waals surface area (Å²) in [4.78, 5) is 13.6. The fourth-order valence-corrected chi connectivity index (χ4v) is 6.04. The molecule has 0 unspecified atom stereocenters. The van der Waals surface area contributed by atoms with Crippen LogP contribution in [-0.2, 0) is 21.2 Å². The topological polar surface area (TPSA) is 66.5 Å². The summed E-state index contributed by atoms with van der Waals surface area (Å²) in [6, 6.07) is 11.2. The van der Waals surface area contributed by atoms with Gasteiger partial charge >= 0.3 is 0 Å². The number of carbonyl (C=O) groups excluding carboxylic acids is 1. The van der Waals surface area contributed by atoms with Crippen molar-refractivity contribution < 1.29 is 13.2 Å². The Hall–Kier alpha value is -1.70. The van der Waals surface area contributed by atoms with E-state index in [4.69, 9.17) is 0 Å². The number of sulfonamides is 1. The summed E-state index contributed by atoms with van der Waals surface area (Å²) < 4.78 is 27.4. The Morgan fingerprint density at radius 3 is 2.50 bits per heavy atom. The zero-order valence-electron chi connectivity index (χ0n) is 15.1. The smallest absolute Gasteiger partial charge is 0.252 e. The number of para-hydroxylation sites is 1. The fourth-order valence-electron chi connectivity index (χ4n) is 3.12.